The summed E-state index contributed by atoms with van der Waals surface area (Å²) < 4.78 is 12.3. The van der Waals surface area contributed by atoms with E-state index < -0.39 is 10.8 Å². The summed E-state index contributed by atoms with van der Waals surface area (Å²) >= 11 is 5.01. The third-order valence-corrected chi connectivity index (χ3v) is 4.74. The maximum atomic E-state index is 11.3. The molecule has 1 aromatic heterocycles. The van der Waals surface area contributed by atoms with Crippen LogP contribution in [0.3, 0.4) is 0 Å². The Hall–Kier alpha value is 0.290. The third kappa shape index (κ3) is 2.97. The standard InChI is InChI=1S/C7H10BrNOS2/c8-6-1-3-11-7(6)5-12(10)4-2-9/h1,3H,2,4-5,9H2. The highest BCUT2D eigenvalue weighted by Crippen LogP contribution is 2.23. The van der Waals surface area contributed by atoms with Gasteiger partial charge in [-0.2, -0.15) is 0 Å². The fourth-order valence-corrected chi connectivity index (χ4v) is 3.76. The van der Waals surface area contributed by atoms with Crippen LogP contribution in [0.2, 0.25) is 0 Å². The summed E-state index contributed by atoms with van der Waals surface area (Å²) in [7, 11) is -0.804. The molecule has 5 heteroatoms. The summed E-state index contributed by atoms with van der Waals surface area (Å²) in [6, 6.07) is 1.97. The summed E-state index contributed by atoms with van der Waals surface area (Å²) in [5.41, 5.74) is 5.30. The lowest BCUT2D eigenvalue weighted by molar-refractivity contribution is 0.682. The summed E-state index contributed by atoms with van der Waals surface area (Å²) in [4.78, 5) is 1.14. The van der Waals surface area contributed by atoms with Crippen LogP contribution in [0.25, 0.3) is 0 Å². The molecule has 0 spiro atoms. The fourth-order valence-electron chi connectivity index (χ4n) is 0.778. The normalized spacial score (nSPS) is 13.2. The number of thiophene rings is 1. The molecular formula is C7H10BrNOS2. The van der Waals surface area contributed by atoms with Crippen molar-refractivity contribution in [3.63, 3.8) is 0 Å². The summed E-state index contributed by atoms with van der Waals surface area (Å²) in [5.74, 6) is 1.21. The molecule has 0 aliphatic carbocycles. The Labute approximate surface area is 86.7 Å². The highest BCUT2D eigenvalue weighted by molar-refractivity contribution is 9.10. The van der Waals surface area contributed by atoms with E-state index in [0.717, 1.165) is 9.35 Å². The molecule has 0 bridgehead atoms. The SMILES string of the molecule is NCCS(=O)Cc1sccc1Br. The minimum atomic E-state index is -0.804. The Morgan fingerprint density at radius 1 is 1.67 bits per heavy atom. The molecule has 0 saturated carbocycles. The van der Waals surface area contributed by atoms with Gasteiger partial charge in [-0.25, -0.2) is 0 Å². The van der Waals surface area contributed by atoms with Gasteiger partial charge in [-0.15, -0.1) is 11.3 Å². The maximum absolute atomic E-state index is 11.3. The number of nitrogens with two attached hydrogens (primary N) is 1. The first kappa shape index (κ1) is 10.4. The molecule has 0 amide bonds. The third-order valence-electron chi connectivity index (χ3n) is 1.33. The van der Waals surface area contributed by atoms with E-state index in [1.807, 2.05) is 11.4 Å². The summed E-state index contributed by atoms with van der Waals surface area (Å²) in [5, 5.41) is 1.99. The number of halogens is 1. The highest BCUT2D eigenvalue weighted by Gasteiger charge is 2.05. The molecule has 68 valence electrons. The molecule has 1 atom stereocenters. The predicted octanol–water partition coefficient (Wildman–Crippen LogP) is 1.72. The zero-order valence-corrected chi connectivity index (χ0v) is 9.68. The second-order valence-electron chi connectivity index (χ2n) is 2.27. The first-order valence-electron chi connectivity index (χ1n) is 3.51. The molecule has 0 aliphatic heterocycles. The molecule has 2 nitrogen and oxygen atoms in total. The van der Waals surface area contributed by atoms with Gasteiger partial charge in [0.05, 0.1) is 5.75 Å². The van der Waals surface area contributed by atoms with Crippen LogP contribution in [0.1, 0.15) is 4.88 Å². The molecule has 0 radical (unpaired) electrons. The first-order valence-corrected chi connectivity index (χ1v) is 6.67. The largest absolute Gasteiger partial charge is 0.330 e. The molecule has 12 heavy (non-hydrogen) atoms. The summed E-state index contributed by atoms with van der Waals surface area (Å²) in [6.07, 6.45) is 0. The second-order valence-corrected chi connectivity index (χ2v) is 5.70. The molecule has 0 aliphatic rings. The van der Waals surface area contributed by atoms with Gasteiger partial charge in [0.15, 0.2) is 0 Å². The Balaban J connectivity index is 2.52. The van der Waals surface area contributed by atoms with Gasteiger partial charge in [0.25, 0.3) is 0 Å². The molecule has 0 fully saturated rings. The van der Waals surface area contributed by atoms with Crippen molar-refractivity contribution in [2.75, 3.05) is 12.3 Å². The van der Waals surface area contributed by atoms with Crippen molar-refractivity contribution in [2.24, 2.45) is 5.73 Å². The van der Waals surface area contributed by atoms with E-state index in [9.17, 15) is 4.21 Å². The Kier molecular flexibility index (Phi) is 4.42. The van der Waals surface area contributed by atoms with Crippen molar-refractivity contribution in [2.45, 2.75) is 5.75 Å². The van der Waals surface area contributed by atoms with Gasteiger partial charge in [-0.1, -0.05) is 0 Å². The summed E-state index contributed by atoms with van der Waals surface area (Å²) in [6.45, 7) is 0.496. The average Bonchev–Trinajstić information content (AvgIpc) is 2.37. The lowest BCUT2D eigenvalue weighted by Crippen LogP contribution is -2.11. The first-order chi connectivity index (χ1) is 5.74. The van der Waals surface area contributed by atoms with E-state index in [-0.39, 0.29) is 0 Å². The van der Waals surface area contributed by atoms with E-state index in [1.54, 1.807) is 11.3 Å². The molecule has 1 heterocycles. The number of rotatable bonds is 4. The van der Waals surface area contributed by atoms with E-state index in [1.165, 1.54) is 0 Å². The van der Waals surface area contributed by atoms with Crippen LogP contribution in [0.5, 0.6) is 0 Å². The van der Waals surface area contributed by atoms with Crippen molar-refractivity contribution in [1.82, 2.24) is 0 Å². The number of hydrogen-bond donors (Lipinski definition) is 1. The van der Waals surface area contributed by atoms with Crippen LogP contribution in [0, 0.1) is 0 Å². The Morgan fingerprint density at radius 2 is 2.42 bits per heavy atom. The fraction of sp³-hybridized carbons (Fsp3) is 0.429. The molecule has 0 saturated heterocycles. The topological polar surface area (TPSA) is 43.1 Å². The predicted molar refractivity (Wildman–Crippen MR) is 57.8 cm³/mol. The zero-order valence-electron chi connectivity index (χ0n) is 6.46. The van der Waals surface area contributed by atoms with E-state index >= 15 is 0 Å². The lowest BCUT2D eigenvalue weighted by atomic mass is 10.5. The highest BCUT2D eigenvalue weighted by atomic mass is 79.9. The van der Waals surface area contributed by atoms with Gasteiger partial charge in [0, 0.05) is 32.4 Å². The molecule has 1 unspecified atom stereocenters. The van der Waals surface area contributed by atoms with Crippen LogP contribution in [-0.2, 0) is 16.6 Å². The Morgan fingerprint density at radius 3 is 2.92 bits per heavy atom. The lowest BCUT2D eigenvalue weighted by Gasteiger charge is -1.97. The number of hydrogen-bond acceptors (Lipinski definition) is 3. The van der Waals surface area contributed by atoms with Crippen molar-refractivity contribution >= 4 is 38.1 Å². The maximum Gasteiger partial charge on any atom is 0.0591 e. The van der Waals surface area contributed by atoms with Gasteiger partial charge in [0.1, 0.15) is 0 Å². The van der Waals surface area contributed by atoms with Crippen molar-refractivity contribution in [3.05, 3.63) is 20.8 Å². The van der Waals surface area contributed by atoms with Crippen LogP contribution in [0.15, 0.2) is 15.9 Å². The molecule has 0 aromatic carbocycles. The van der Waals surface area contributed by atoms with Gasteiger partial charge < -0.3 is 5.73 Å². The van der Waals surface area contributed by atoms with E-state index in [0.29, 0.717) is 18.1 Å². The molecule has 1 rings (SSSR count). The minimum Gasteiger partial charge on any atom is -0.330 e. The second kappa shape index (κ2) is 5.11. The van der Waals surface area contributed by atoms with Crippen LogP contribution >= 0.6 is 27.3 Å². The monoisotopic (exact) mass is 267 g/mol. The smallest absolute Gasteiger partial charge is 0.0591 e. The van der Waals surface area contributed by atoms with Crippen molar-refractivity contribution in [3.8, 4) is 0 Å². The van der Waals surface area contributed by atoms with E-state index in [2.05, 4.69) is 15.9 Å². The zero-order chi connectivity index (χ0) is 8.97. The van der Waals surface area contributed by atoms with Gasteiger partial charge in [0.2, 0.25) is 0 Å². The minimum absolute atomic E-state index is 0.496. The molecular weight excluding hydrogens is 258 g/mol. The van der Waals surface area contributed by atoms with Crippen LogP contribution < -0.4 is 5.73 Å². The van der Waals surface area contributed by atoms with Crippen molar-refractivity contribution < 1.29 is 4.21 Å². The average molecular weight is 268 g/mol. The van der Waals surface area contributed by atoms with Crippen molar-refractivity contribution in [1.29, 1.82) is 0 Å². The van der Waals surface area contributed by atoms with Gasteiger partial charge in [-0.3, -0.25) is 4.21 Å². The Bertz CT molecular complexity index is 274. The molecule has 1 aromatic rings. The van der Waals surface area contributed by atoms with Crippen LogP contribution in [-0.4, -0.2) is 16.5 Å². The van der Waals surface area contributed by atoms with Gasteiger partial charge in [-0.05, 0) is 27.4 Å². The quantitative estimate of drug-likeness (QED) is 0.903. The van der Waals surface area contributed by atoms with Crippen LogP contribution in [0.4, 0.5) is 0 Å². The van der Waals surface area contributed by atoms with Gasteiger partial charge >= 0.3 is 0 Å². The molecule has 2 N–H and O–H groups in total. The van der Waals surface area contributed by atoms with E-state index in [4.69, 9.17) is 5.73 Å².